The van der Waals surface area contributed by atoms with Crippen molar-refractivity contribution in [3.8, 4) is 11.8 Å². The highest BCUT2D eigenvalue weighted by Gasteiger charge is 2.38. The van der Waals surface area contributed by atoms with E-state index in [-0.39, 0.29) is 11.1 Å². The van der Waals surface area contributed by atoms with Gasteiger partial charge in [-0.25, -0.2) is 13.1 Å². The number of nitriles is 1. The Kier molecular flexibility index (Phi) is 5.61. The second-order valence-corrected chi connectivity index (χ2v) is 8.24. The molecule has 0 fully saturated rings. The molecular weight excluding hydrogens is 433 g/mol. The first-order valence-electron chi connectivity index (χ1n) is 8.73. The summed E-state index contributed by atoms with van der Waals surface area (Å²) in [6, 6.07) is 8.38. The molecule has 0 aliphatic carbocycles. The highest BCUT2D eigenvalue weighted by Crippen LogP contribution is 2.35. The molecule has 2 heterocycles. The molecule has 0 aliphatic rings. The number of alkyl halides is 3. The van der Waals surface area contributed by atoms with Crippen molar-refractivity contribution < 1.29 is 26.4 Å². The number of amides is 1. The van der Waals surface area contributed by atoms with Crippen LogP contribution >= 0.6 is 0 Å². The lowest BCUT2D eigenvalue weighted by atomic mass is 10.1. The van der Waals surface area contributed by atoms with Crippen molar-refractivity contribution in [2.24, 2.45) is 0 Å². The van der Waals surface area contributed by atoms with Gasteiger partial charge >= 0.3 is 6.18 Å². The van der Waals surface area contributed by atoms with Gasteiger partial charge in [0.2, 0.25) is 0 Å². The third kappa shape index (κ3) is 4.29. The quantitative estimate of drug-likeness (QED) is 0.658. The molecule has 0 bridgehead atoms. The lowest BCUT2D eigenvalue weighted by molar-refractivity contribution is -0.139. The molecule has 2 aromatic heterocycles. The third-order valence-corrected chi connectivity index (χ3v) is 5.90. The maximum atomic E-state index is 13.4. The molecule has 3 rings (SSSR count). The molecule has 160 valence electrons. The van der Waals surface area contributed by atoms with E-state index in [1.165, 1.54) is 12.1 Å². The fraction of sp³-hybridized carbons (Fsp3) is 0.150. The van der Waals surface area contributed by atoms with E-state index >= 15 is 0 Å². The molecule has 0 atom stereocenters. The summed E-state index contributed by atoms with van der Waals surface area (Å²) in [6.07, 6.45) is -1.94. The minimum atomic E-state index is -5.05. The predicted octanol–water partition coefficient (Wildman–Crippen LogP) is 3.50. The second kappa shape index (κ2) is 7.88. The summed E-state index contributed by atoms with van der Waals surface area (Å²) in [6.45, 7) is 3.26. The molecule has 1 N–H and O–H groups in total. The van der Waals surface area contributed by atoms with Crippen LogP contribution in [0.4, 0.5) is 13.2 Å². The summed E-state index contributed by atoms with van der Waals surface area (Å²) in [5, 5.41) is 8.83. The van der Waals surface area contributed by atoms with Gasteiger partial charge < -0.3 is 4.57 Å². The van der Waals surface area contributed by atoms with Gasteiger partial charge in [-0.1, -0.05) is 0 Å². The van der Waals surface area contributed by atoms with Gasteiger partial charge in [-0.3, -0.25) is 9.78 Å². The van der Waals surface area contributed by atoms with E-state index in [0.29, 0.717) is 29.2 Å². The molecule has 3 aromatic rings. The molecule has 0 aliphatic heterocycles. The average Bonchev–Trinajstić information content (AvgIpc) is 3.01. The SMILES string of the molecule is Cc1cc(C(=O)NS(=O)(=O)c2ccc(C#N)cc2C(F)(F)F)c(C)n1-c1cccnc1. The fourth-order valence-corrected chi connectivity index (χ4v) is 4.34. The number of sulfonamides is 1. The number of carbonyl (C=O) groups is 1. The lowest BCUT2D eigenvalue weighted by Crippen LogP contribution is -2.32. The van der Waals surface area contributed by atoms with Crippen molar-refractivity contribution in [2.75, 3.05) is 0 Å². The summed E-state index contributed by atoms with van der Waals surface area (Å²) < 4.78 is 68.7. The molecule has 0 unspecified atom stereocenters. The summed E-state index contributed by atoms with van der Waals surface area (Å²) >= 11 is 0. The smallest absolute Gasteiger partial charge is 0.316 e. The van der Waals surface area contributed by atoms with Gasteiger partial charge in [0.15, 0.2) is 0 Å². The van der Waals surface area contributed by atoms with E-state index in [1.807, 2.05) is 0 Å². The van der Waals surface area contributed by atoms with E-state index in [1.54, 1.807) is 47.7 Å². The summed E-state index contributed by atoms with van der Waals surface area (Å²) in [7, 11) is -4.88. The lowest BCUT2D eigenvalue weighted by Gasteiger charge is -2.14. The van der Waals surface area contributed by atoms with Gasteiger partial charge in [-0.15, -0.1) is 0 Å². The summed E-state index contributed by atoms with van der Waals surface area (Å²) in [4.78, 5) is 15.5. The van der Waals surface area contributed by atoms with Crippen molar-refractivity contribution in [3.05, 3.63) is 76.9 Å². The maximum Gasteiger partial charge on any atom is 0.417 e. The van der Waals surface area contributed by atoms with E-state index in [4.69, 9.17) is 5.26 Å². The zero-order valence-corrected chi connectivity index (χ0v) is 17.0. The van der Waals surface area contributed by atoms with Crippen LogP contribution in [0.3, 0.4) is 0 Å². The number of hydrogen-bond acceptors (Lipinski definition) is 5. The first kappa shape index (κ1) is 22.0. The van der Waals surface area contributed by atoms with Crippen LogP contribution in [0.2, 0.25) is 0 Å². The number of carbonyl (C=O) groups excluding carboxylic acids is 1. The van der Waals surface area contributed by atoms with Crippen LogP contribution in [0, 0.1) is 25.2 Å². The number of benzene rings is 1. The topological polar surface area (TPSA) is 105 Å². The second-order valence-electron chi connectivity index (χ2n) is 6.59. The Morgan fingerprint density at radius 1 is 1.19 bits per heavy atom. The van der Waals surface area contributed by atoms with Crippen LogP contribution in [-0.4, -0.2) is 23.9 Å². The zero-order valence-electron chi connectivity index (χ0n) is 16.2. The number of aryl methyl sites for hydroxylation is 1. The number of nitrogens with one attached hydrogen (secondary N) is 1. The van der Waals surface area contributed by atoms with Gasteiger partial charge in [0.05, 0.1) is 39.5 Å². The Labute approximate surface area is 175 Å². The van der Waals surface area contributed by atoms with Crippen LogP contribution < -0.4 is 4.72 Å². The normalized spacial score (nSPS) is 11.7. The third-order valence-electron chi connectivity index (χ3n) is 4.51. The number of halogens is 3. The fourth-order valence-electron chi connectivity index (χ4n) is 3.16. The van der Waals surface area contributed by atoms with Crippen molar-refractivity contribution in [1.29, 1.82) is 5.26 Å². The predicted molar refractivity (Wildman–Crippen MR) is 104 cm³/mol. The number of hydrogen-bond donors (Lipinski definition) is 1. The van der Waals surface area contributed by atoms with E-state index < -0.39 is 32.6 Å². The van der Waals surface area contributed by atoms with Crippen molar-refractivity contribution in [3.63, 3.8) is 0 Å². The van der Waals surface area contributed by atoms with Crippen LogP contribution in [0.25, 0.3) is 5.69 Å². The number of pyridine rings is 1. The molecule has 31 heavy (non-hydrogen) atoms. The Bertz CT molecular complexity index is 1310. The maximum absolute atomic E-state index is 13.4. The van der Waals surface area contributed by atoms with E-state index in [2.05, 4.69) is 4.98 Å². The molecule has 7 nitrogen and oxygen atoms in total. The number of rotatable bonds is 4. The van der Waals surface area contributed by atoms with Gasteiger partial charge in [0, 0.05) is 17.6 Å². The van der Waals surface area contributed by atoms with Gasteiger partial charge in [0.1, 0.15) is 0 Å². The minimum Gasteiger partial charge on any atom is -0.316 e. The van der Waals surface area contributed by atoms with Crippen molar-refractivity contribution in [1.82, 2.24) is 14.3 Å². The van der Waals surface area contributed by atoms with Gasteiger partial charge in [-0.05, 0) is 50.2 Å². The molecule has 1 amide bonds. The Hall–Kier alpha value is -3.65. The molecule has 0 radical (unpaired) electrons. The minimum absolute atomic E-state index is 0.0212. The van der Waals surface area contributed by atoms with Crippen molar-refractivity contribution >= 4 is 15.9 Å². The molecule has 0 saturated carbocycles. The van der Waals surface area contributed by atoms with Crippen LogP contribution in [0.5, 0.6) is 0 Å². The Balaban J connectivity index is 2.01. The van der Waals surface area contributed by atoms with Gasteiger partial charge in [-0.2, -0.15) is 18.4 Å². The van der Waals surface area contributed by atoms with Gasteiger partial charge in [0.25, 0.3) is 15.9 Å². The molecule has 0 saturated heterocycles. The van der Waals surface area contributed by atoms with Crippen LogP contribution in [-0.2, 0) is 16.2 Å². The highest BCUT2D eigenvalue weighted by atomic mass is 32.2. The standard InChI is InChI=1S/C20H15F3N4O3S/c1-12-8-16(13(2)27(12)15-4-3-7-25-11-15)19(28)26-31(29,30)18-6-5-14(10-24)9-17(18)20(21,22)23/h3-9,11H,1-2H3,(H,26,28). The average molecular weight is 448 g/mol. The zero-order chi connectivity index (χ0) is 23.0. The van der Waals surface area contributed by atoms with Crippen LogP contribution in [0.15, 0.2) is 53.7 Å². The Morgan fingerprint density at radius 2 is 1.90 bits per heavy atom. The van der Waals surface area contributed by atoms with Crippen LogP contribution in [0.1, 0.15) is 32.9 Å². The first-order chi connectivity index (χ1) is 14.5. The monoisotopic (exact) mass is 448 g/mol. The molecule has 1 aromatic carbocycles. The molecule has 0 spiro atoms. The van der Waals surface area contributed by atoms with Crippen molar-refractivity contribution in [2.45, 2.75) is 24.9 Å². The summed E-state index contributed by atoms with van der Waals surface area (Å²) in [5.41, 5.74) is -0.306. The molecular formula is C20H15F3N4O3S. The number of nitrogens with zero attached hydrogens (tertiary/aromatic N) is 3. The first-order valence-corrected chi connectivity index (χ1v) is 10.2. The summed E-state index contributed by atoms with van der Waals surface area (Å²) in [5.74, 6) is -1.08. The molecule has 11 heteroatoms. The largest absolute Gasteiger partial charge is 0.417 e. The number of aromatic nitrogens is 2. The van der Waals surface area contributed by atoms with E-state index in [0.717, 1.165) is 6.07 Å². The Morgan fingerprint density at radius 3 is 2.48 bits per heavy atom. The van der Waals surface area contributed by atoms with E-state index in [9.17, 15) is 26.4 Å². The highest BCUT2D eigenvalue weighted by molar-refractivity contribution is 7.90.